The fourth-order valence-electron chi connectivity index (χ4n) is 3.77. The third kappa shape index (κ3) is 11.1. The van der Waals surface area contributed by atoms with Gasteiger partial charge in [-0.3, -0.25) is 4.79 Å². The molecule has 0 aliphatic heterocycles. The molecule has 0 aromatic heterocycles. The summed E-state index contributed by atoms with van der Waals surface area (Å²) in [6, 6.07) is 3.88. The second kappa shape index (κ2) is 12.9. The van der Waals surface area contributed by atoms with Crippen molar-refractivity contribution in [3.63, 3.8) is 0 Å². The van der Waals surface area contributed by atoms with Gasteiger partial charge in [0.2, 0.25) is 0 Å². The van der Waals surface area contributed by atoms with Crippen molar-refractivity contribution in [1.82, 2.24) is 10.6 Å². The normalized spacial score (nSPS) is 12.0. The summed E-state index contributed by atoms with van der Waals surface area (Å²) in [6.07, 6.45) is -0.167. The van der Waals surface area contributed by atoms with Gasteiger partial charge in [-0.1, -0.05) is 19.9 Å². The molecule has 0 atom stereocenters. The van der Waals surface area contributed by atoms with Gasteiger partial charge in [0.05, 0.1) is 26.4 Å². The molecule has 182 valence electrons. The van der Waals surface area contributed by atoms with E-state index in [2.05, 4.69) is 31.4 Å². The lowest BCUT2D eigenvalue weighted by atomic mass is 9.77. The van der Waals surface area contributed by atoms with Crippen LogP contribution in [0.1, 0.15) is 64.7 Å². The number of nitrogens with one attached hydrogen (secondary N) is 2. The summed E-state index contributed by atoms with van der Waals surface area (Å²) < 4.78 is 16.6. The Kier molecular flexibility index (Phi) is 11.3. The number of Topliss-reactive ketones (excluding diaryl/α,β-unsaturated/α-hetero) is 1. The lowest BCUT2D eigenvalue weighted by molar-refractivity contribution is -0.118. The minimum Gasteiger partial charge on any atom is -0.410 e. The number of amides is 1. The van der Waals surface area contributed by atoms with Gasteiger partial charge in [0.25, 0.3) is 0 Å². The smallest absolute Gasteiger partial charge is 0.410 e. The Hall–Kier alpha value is -1.96. The lowest BCUT2D eigenvalue weighted by Gasteiger charge is -2.28. The molecule has 0 fully saturated rings. The number of hydrogen-bond acceptors (Lipinski definition) is 6. The highest BCUT2D eigenvalue weighted by Gasteiger charge is 2.29. The van der Waals surface area contributed by atoms with Crippen LogP contribution in [0.25, 0.3) is 0 Å². The predicted octanol–water partition coefficient (Wildman–Crippen LogP) is 4.07. The molecule has 0 spiro atoms. The lowest BCUT2D eigenvalue weighted by Crippen LogP contribution is -2.38. The van der Waals surface area contributed by atoms with Gasteiger partial charge < -0.3 is 24.8 Å². The first-order valence-corrected chi connectivity index (χ1v) is 11.3. The van der Waals surface area contributed by atoms with Crippen LogP contribution in [-0.2, 0) is 19.7 Å². The molecule has 1 rings (SSSR count). The molecule has 0 radical (unpaired) electrons. The summed E-state index contributed by atoms with van der Waals surface area (Å²) in [7, 11) is 0. The van der Waals surface area contributed by atoms with Crippen LogP contribution in [0.4, 0.5) is 4.79 Å². The van der Waals surface area contributed by atoms with Crippen molar-refractivity contribution in [2.45, 2.75) is 72.8 Å². The Morgan fingerprint density at radius 2 is 1.50 bits per heavy atom. The molecule has 0 aliphatic carbocycles. The summed E-state index contributed by atoms with van der Waals surface area (Å²) in [4.78, 5) is 24.1. The van der Waals surface area contributed by atoms with Crippen LogP contribution in [0.15, 0.2) is 12.1 Å². The molecule has 1 aromatic rings. The van der Waals surface area contributed by atoms with Crippen molar-refractivity contribution < 1.29 is 23.8 Å². The number of benzene rings is 1. The van der Waals surface area contributed by atoms with Crippen molar-refractivity contribution in [3.05, 3.63) is 28.8 Å². The maximum absolute atomic E-state index is 12.3. The molecule has 0 bridgehead atoms. The van der Waals surface area contributed by atoms with Crippen molar-refractivity contribution >= 4 is 11.9 Å². The number of ketones is 1. The van der Waals surface area contributed by atoms with E-state index in [1.807, 2.05) is 39.8 Å². The maximum Gasteiger partial charge on any atom is 0.412 e. The standard InChI is InChI=1S/C25H42N2O5/c1-18-15-19(2)22(25(7,8)17-20(3)28)21(16-18)32-23(29)26-9-11-30-13-14-31-12-10-27-24(4,5)6/h15-16,27H,9-14,17H2,1-8H3,(H,26,29). The van der Waals surface area contributed by atoms with Gasteiger partial charge in [-0.2, -0.15) is 0 Å². The van der Waals surface area contributed by atoms with Gasteiger partial charge in [0.15, 0.2) is 0 Å². The van der Waals surface area contributed by atoms with Crippen LogP contribution in [0.5, 0.6) is 5.75 Å². The topological polar surface area (TPSA) is 85.9 Å². The molecule has 7 nitrogen and oxygen atoms in total. The van der Waals surface area contributed by atoms with Gasteiger partial charge in [0.1, 0.15) is 11.5 Å². The summed E-state index contributed by atoms with van der Waals surface area (Å²) in [5.74, 6) is 0.585. The van der Waals surface area contributed by atoms with Crippen LogP contribution in [0, 0.1) is 13.8 Å². The number of aryl methyl sites for hydroxylation is 2. The van der Waals surface area contributed by atoms with E-state index in [4.69, 9.17) is 14.2 Å². The Morgan fingerprint density at radius 1 is 0.906 bits per heavy atom. The summed E-state index contributed by atoms with van der Waals surface area (Å²) in [5.41, 5.74) is 2.52. The van der Waals surface area contributed by atoms with Crippen LogP contribution >= 0.6 is 0 Å². The third-order valence-corrected chi connectivity index (χ3v) is 4.80. The number of ether oxygens (including phenoxy) is 3. The fourth-order valence-corrected chi connectivity index (χ4v) is 3.77. The van der Waals surface area contributed by atoms with Crippen molar-refractivity contribution in [1.29, 1.82) is 0 Å². The second-order valence-electron chi connectivity index (χ2n) is 9.94. The third-order valence-electron chi connectivity index (χ3n) is 4.80. The Morgan fingerprint density at radius 3 is 2.06 bits per heavy atom. The molecule has 7 heteroatoms. The van der Waals surface area contributed by atoms with E-state index in [-0.39, 0.29) is 11.3 Å². The van der Waals surface area contributed by atoms with E-state index in [9.17, 15) is 9.59 Å². The zero-order valence-electron chi connectivity index (χ0n) is 21.1. The van der Waals surface area contributed by atoms with Crippen molar-refractivity contribution in [3.8, 4) is 5.75 Å². The summed E-state index contributed by atoms with van der Waals surface area (Å²) >= 11 is 0. The van der Waals surface area contributed by atoms with Crippen LogP contribution in [0.3, 0.4) is 0 Å². The highest BCUT2D eigenvalue weighted by molar-refractivity contribution is 5.78. The maximum atomic E-state index is 12.3. The highest BCUT2D eigenvalue weighted by atomic mass is 16.6. The molecular weight excluding hydrogens is 408 g/mol. The average Bonchev–Trinajstić information content (AvgIpc) is 2.60. The van der Waals surface area contributed by atoms with Crippen LogP contribution in [-0.4, -0.2) is 56.9 Å². The molecule has 1 amide bonds. The molecule has 0 saturated heterocycles. The van der Waals surface area contributed by atoms with Gasteiger partial charge in [-0.05, 0) is 58.7 Å². The highest BCUT2D eigenvalue weighted by Crippen LogP contribution is 2.38. The molecular formula is C25H42N2O5. The van der Waals surface area contributed by atoms with Gasteiger partial charge in [0, 0.05) is 36.0 Å². The van der Waals surface area contributed by atoms with Gasteiger partial charge >= 0.3 is 6.09 Å². The monoisotopic (exact) mass is 450 g/mol. The zero-order valence-corrected chi connectivity index (χ0v) is 21.1. The number of carbonyl (C=O) groups is 2. The first-order chi connectivity index (χ1) is 14.8. The van der Waals surface area contributed by atoms with E-state index in [1.54, 1.807) is 6.92 Å². The second-order valence-corrected chi connectivity index (χ2v) is 9.94. The molecule has 0 unspecified atom stereocenters. The number of hydrogen-bond donors (Lipinski definition) is 2. The molecule has 0 aliphatic rings. The number of carbonyl (C=O) groups excluding carboxylic acids is 2. The zero-order chi connectivity index (χ0) is 24.4. The molecule has 32 heavy (non-hydrogen) atoms. The Bertz CT molecular complexity index is 753. The van der Waals surface area contributed by atoms with Crippen LogP contribution in [0.2, 0.25) is 0 Å². The molecule has 2 N–H and O–H groups in total. The van der Waals surface area contributed by atoms with Crippen molar-refractivity contribution in [2.75, 3.05) is 39.5 Å². The average molecular weight is 451 g/mol. The summed E-state index contributed by atoms with van der Waals surface area (Å²) in [5, 5.41) is 6.06. The van der Waals surface area contributed by atoms with E-state index < -0.39 is 11.5 Å². The Labute approximate surface area is 193 Å². The van der Waals surface area contributed by atoms with Crippen molar-refractivity contribution in [2.24, 2.45) is 0 Å². The van der Waals surface area contributed by atoms with E-state index >= 15 is 0 Å². The Balaban J connectivity index is 2.43. The minimum absolute atomic E-state index is 0.0845. The largest absolute Gasteiger partial charge is 0.412 e. The first-order valence-electron chi connectivity index (χ1n) is 11.3. The van der Waals surface area contributed by atoms with E-state index in [1.165, 1.54) is 0 Å². The van der Waals surface area contributed by atoms with E-state index in [0.717, 1.165) is 23.2 Å². The molecule has 0 saturated carbocycles. The quantitative estimate of drug-likeness (QED) is 0.441. The first kappa shape index (κ1) is 28.1. The number of rotatable bonds is 13. The van der Waals surface area contributed by atoms with Gasteiger partial charge in [-0.15, -0.1) is 0 Å². The molecule has 1 aromatic carbocycles. The van der Waals surface area contributed by atoms with Crippen LogP contribution < -0.4 is 15.4 Å². The summed E-state index contributed by atoms with van der Waals surface area (Å²) in [6.45, 7) is 18.9. The predicted molar refractivity (Wildman–Crippen MR) is 128 cm³/mol. The van der Waals surface area contributed by atoms with Gasteiger partial charge in [-0.25, -0.2) is 4.79 Å². The minimum atomic E-state index is -0.539. The fraction of sp³-hybridized carbons (Fsp3) is 0.680. The molecule has 0 heterocycles. The van der Waals surface area contributed by atoms with E-state index in [0.29, 0.717) is 45.1 Å². The SMILES string of the molecule is CC(=O)CC(C)(C)c1c(C)cc(C)cc1OC(=O)NCCOCCOCCNC(C)(C)C.